The molecule has 4 saturated carbocycles. The molecule has 4 aliphatic carbocycles. The molecule has 0 unspecified atom stereocenters. The highest BCUT2D eigenvalue weighted by molar-refractivity contribution is 5.20. The smallest absolute Gasteiger partial charge is 0.187 e. The van der Waals surface area contributed by atoms with Crippen LogP contribution in [0.4, 0.5) is 0 Å². The van der Waals surface area contributed by atoms with E-state index in [4.69, 9.17) is 28.4 Å². The standard InChI is InChI=1S/C48H82O19/c1-21(2)23(52)10-16-48(8,67-42-39(61)36(58)33(55)26(19-50)63-42)22-9-14-47(7)31(22)24(53)17-29-45(5)13-12-30(44(3,4)28(45)11-15-46(29,47)6)65-43-40(37(59)34(56)27(20-51)64-43)66-41-38(60)35(57)32(54)25(18-49)62-41/h22-43,49-61H,1,9-20H2,2-8H3/t22-,23-,24+,25+,26+,27+,28+,29+,30-,31-,32+,33+,34+,35-,36-,37-,38+,39+,40+,41-,42-,43-,45-,46+,47+,48-/m0/s1. The molecule has 7 fully saturated rings. The highest BCUT2D eigenvalue weighted by Gasteiger charge is 2.72. The van der Waals surface area contributed by atoms with Gasteiger partial charge in [-0.15, -0.1) is 0 Å². The van der Waals surface area contributed by atoms with E-state index in [2.05, 4.69) is 41.2 Å². The fourth-order valence-electron chi connectivity index (χ4n) is 14.9. The quantitative estimate of drug-likeness (QED) is 0.0729. The summed E-state index contributed by atoms with van der Waals surface area (Å²) in [6, 6.07) is 0. The molecule has 0 aromatic heterocycles. The fraction of sp³-hybridized carbons (Fsp3) is 0.958. The third-order valence-electron chi connectivity index (χ3n) is 19.1. The van der Waals surface area contributed by atoms with E-state index in [1.54, 1.807) is 6.92 Å². The molecular weight excluding hydrogens is 881 g/mol. The average molecular weight is 963 g/mol. The topological polar surface area (TPSA) is 318 Å². The van der Waals surface area contributed by atoms with Gasteiger partial charge in [-0.2, -0.15) is 0 Å². The van der Waals surface area contributed by atoms with Crippen molar-refractivity contribution in [3.05, 3.63) is 12.2 Å². The van der Waals surface area contributed by atoms with Crippen molar-refractivity contribution in [2.45, 2.75) is 222 Å². The molecule has 3 saturated heterocycles. The molecule has 388 valence electrons. The summed E-state index contributed by atoms with van der Waals surface area (Å²) >= 11 is 0. The minimum absolute atomic E-state index is 0.0563. The van der Waals surface area contributed by atoms with Gasteiger partial charge in [0.25, 0.3) is 0 Å². The van der Waals surface area contributed by atoms with Crippen LogP contribution in [-0.2, 0) is 28.4 Å². The van der Waals surface area contributed by atoms with Gasteiger partial charge in [0, 0.05) is 0 Å². The molecule has 3 heterocycles. The van der Waals surface area contributed by atoms with Crippen LogP contribution in [0.25, 0.3) is 0 Å². The van der Waals surface area contributed by atoms with Crippen LogP contribution in [0, 0.1) is 45.3 Å². The Morgan fingerprint density at radius 1 is 0.642 bits per heavy atom. The lowest BCUT2D eigenvalue weighted by molar-refractivity contribution is -0.378. The van der Waals surface area contributed by atoms with E-state index in [1.807, 2.05) is 6.92 Å². The zero-order chi connectivity index (χ0) is 49.5. The summed E-state index contributed by atoms with van der Waals surface area (Å²) in [5.74, 6) is -0.446. The van der Waals surface area contributed by atoms with Gasteiger partial charge in [-0.1, -0.05) is 46.8 Å². The number of hydrogen-bond acceptors (Lipinski definition) is 19. The summed E-state index contributed by atoms with van der Waals surface area (Å²) in [7, 11) is 0. The predicted molar refractivity (Wildman–Crippen MR) is 235 cm³/mol. The lowest BCUT2D eigenvalue weighted by Gasteiger charge is -2.71. The zero-order valence-electron chi connectivity index (χ0n) is 40.2. The van der Waals surface area contributed by atoms with Crippen LogP contribution in [0.15, 0.2) is 12.2 Å². The largest absolute Gasteiger partial charge is 0.394 e. The number of fused-ring (bicyclic) bond motifs is 5. The Labute approximate surface area is 393 Å². The molecular formula is C48H82O19. The van der Waals surface area contributed by atoms with Crippen molar-refractivity contribution in [1.82, 2.24) is 0 Å². The number of hydrogen-bond donors (Lipinski definition) is 13. The third-order valence-corrected chi connectivity index (χ3v) is 19.1. The van der Waals surface area contributed by atoms with Gasteiger partial charge in [0.15, 0.2) is 18.9 Å². The second-order valence-corrected chi connectivity index (χ2v) is 23.0. The maximum Gasteiger partial charge on any atom is 0.187 e. The van der Waals surface area contributed by atoms with Crippen LogP contribution in [0.5, 0.6) is 0 Å². The van der Waals surface area contributed by atoms with Gasteiger partial charge in [0.1, 0.15) is 73.2 Å². The van der Waals surface area contributed by atoms with Gasteiger partial charge < -0.3 is 94.8 Å². The van der Waals surface area contributed by atoms with Gasteiger partial charge in [0.05, 0.1) is 43.7 Å². The van der Waals surface area contributed by atoms with E-state index in [0.717, 1.165) is 19.3 Å². The maximum atomic E-state index is 12.7. The van der Waals surface area contributed by atoms with Crippen LogP contribution < -0.4 is 0 Å². The van der Waals surface area contributed by atoms with Crippen molar-refractivity contribution in [3.8, 4) is 0 Å². The Morgan fingerprint density at radius 2 is 1.16 bits per heavy atom. The summed E-state index contributed by atoms with van der Waals surface area (Å²) in [5.41, 5.74) is -2.06. The van der Waals surface area contributed by atoms with Crippen molar-refractivity contribution in [2.24, 2.45) is 45.3 Å². The highest BCUT2D eigenvalue weighted by atomic mass is 16.8. The summed E-state index contributed by atoms with van der Waals surface area (Å²) in [6.45, 7) is 16.8. The van der Waals surface area contributed by atoms with Crippen molar-refractivity contribution in [1.29, 1.82) is 0 Å². The van der Waals surface area contributed by atoms with Gasteiger partial charge in [-0.25, -0.2) is 0 Å². The van der Waals surface area contributed by atoms with Gasteiger partial charge in [-0.3, -0.25) is 0 Å². The number of rotatable bonds is 14. The van der Waals surface area contributed by atoms with Crippen molar-refractivity contribution < 1.29 is 94.8 Å². The summed E-state index contributed by atoms with van der Waals surface area (Å²) in [5, 5.41) is 140. The van der Waals surface area contributed by atoms with E-state index in [1.165, 1.54) is 0 Å². The first-order valence-corrected chi connectivity index (χ1v) is 24.5. The Morgan fingerprint density at radius 3 is 1.73 bits per heavy atom. The van der Waals surface area contributed by atoms with Crippen molar-refractivity contribution in [3.63, 3.8) is 0 Å². The van der Waals surface area contributed by atoms with Crippen LogP contribution in [0.3, 0.4) is 0 Å². The van der Waals surface area contributed by atoms with Crippen LogP contribution in [-0.4, -0.2) is 202 Å². The second-order valence-electron chi connectivity index (χ2n) is 23.0. The van der Waals surface area contributed by atoms with Crippen LogP contribution >= 0.6 is 0 Å². The van der Waals surface area contributed by atoms with E-state index >= 15 is 0 Å². The van der Waals surface area contributed by atoms with Gasteiger partial charge in [0.2, 0.25) is 0 Å². The molecule has 0 radical (unpaired) electrons. The van der Waals surface area contributed by atoms with E-state index in [0.29, 0.717) is 37.7 Å². The Balaban J connectivity index is 1.13. The molecule has 7 aliphatic rings. The first-order chi connectivity index (χ1) is 31.3. The van der Waals surface area contributed by atoms with E-state index < -0.39 is 147 Å². The Bertz CT molecular complexity index is 1700. The minimum Gasteiger partial charge on any atom is -0.394 e. The lowest BCUT2D eigenvalue weighted by atomic mass is 9.35. The van der Waals surface area contributed by atoms with Crippen molar-refractivity contribution >= 4 is 0 Å². The van der Waals surface area contributed by atoms with E-state index in [-0.39, 0.29) is 40.9 Å². The molecule has 0 bridgehead atoms. The molecule has 0 aromatic carbocycles. The SMILES string of the molecule is C=C(C)[C@@H](O)CC[C@](C)(O[C@@H]1O[C@H](CO)[C@@H](O)[C@H](O)[C@H]1O)[C@H]1CC[C@]2(C)[C@@H]1[C@H](O)C[C@@H]1[C@@]3(C)CC[C@H](O[C@@H]4O[C@H](CO)[C@@H](O)[C@H](O)[C@H]4O[C@@H]4O[C@H](CO)[C@@H](O)[C@H](O)[C@H]4O)C(C)(C)[C@H]3CC[C@]12C. The molecule has 13 N–H and O–H groups in total. The molecule has 7 rings (SSSR count). The molecule has 19 heteroatoms. The maximum absolute atomic E-state index is 12.7. The predicted octanol–water partition coefficient (Wildman–Crippen LogP) is -1.06. The summed E-state index contributed by atoms with van der Waals surface area (Å²) in [6.07, 6.45) is -19.9. The normalized spacial score (nSPS) is 52.3. The monoisotopic (exact) mass is 963 g/mol. The molecule has 0 amide bonds. The number of ether oxygens (including phenoxy) is 6. The fourth-order valence-corrected chi connectivity index (χ4v) is 14.9. The lowest BCUT2D eigenvalue weighted by Crippen LogP contribution is -2.68. The molecule has 0 spiro atoms. The van der Waals surface area contributed by atoms with Crippen molar-refractivity contribution in [2.75, 3.05) is 19.8 Å². The second kappa shape index (κ2) is 19.8. The van der Waals surface area contributed by atoms with Crippen LogP contribution in [0.2, 0.25) is 0 Å². The zero-order valence-corrected chi connectivity index (χ0v) is 40.2. The minimum atomic E-state index is -1.80. The summed E-state index contributed by atoms with van der Waals surface area (Å²) < 4.78 is 37.1. The molecule has 67 heavy (non-hydrogen) atoms. The third kappa shape index (κ3) is 9.03. The van der Waals surface area contributed by atoms with Gasteiger partial charge >= 0.3 is 0 Å². The van der Waals surface area contributed by atoms with E-state index in [9.17, 15) is 66.4 Å². The molecule has 0 aromatic rings. The first kappa shape index (κ1) is 53.8. The first-order valence-electron chi connectivity index (χ1n) is 24.5. The van der Waals surface area contributed by atoms with Gasteiger partial charge in [-0.05, 0) is 117 Å². The average Bonchev–Trinajstić information content (AvgIpc) is 3.67. The van der Waals surface area contributed by atoms with Crippen LogP contribution in [0.1, 0.15) is 106 Å². The highest BCUT2D eigenvalue weighted by Crippen LogP contribution is 2.76. The molecule has 26 atom stereocenters. The number of aliphatic hydroxyl groups excluding tert-OH is 13. The summed E-state index contributed by atoms with van der Waals surface area (Å²) in [4.78, 5) is 0. The Kier molecular flexibility index (Phi) is 15.9. The number of aliphatic hydroxyl groups is 13. The molecule has 3 aliphatic heterocycles. The molecule has 19 nitrogen and oxygen atoms in total. The Hall–Kier alpha value is -1.02.